The van der Waals surface area contributed by atoms with E-state index in [0.717, 1.165) is 18.9 Å². The van der Waals surface area contributed by atoms with Crippen LogP contribution >= 0.6 is 20.7 Å². The molecule has 100 valence electrons. The number of rotatable bonds is 5. The third-order valence-corrected chi connectivity index (χ3v) is 5.36. The lowest BCUT2D eigenvalue weighted by molar-refractivity contribution is 0.211. The predicted octanol–water partition coefficient (Wildman–Crippen LogP) is 2.79. The van der Waals surface area contributed by atoms with Crippen molar-refractivity contribution in [3.8, 4) is 0 Å². The van der Waals surface area contributed by atoms with Gasteiger partial charge in [0, 0.05) is 3.57 Å². The maximum atomic E-state index is 5.56. The molecule has 0 aliphatic carbocycles. The van der Waals surface area contributed by atoms with Crippen LogP contribution in [0.15, 0.2) is 24.3 Å². The Bertz CT molecular complexity index is 367. The third kappa shape index (κ3) is 3.87. The van der Waals surface area contributed by atoms with E-state index in [1.54, 1.807) is 0 Å². The number of halogens is 1. The van der Waals surface area contributed by atoms with E-state index >= 15 is 0 Å². The molecule has 0 radical (unpaired) electrons. The first-order chi connectivity index (χ1) is 8.83. The topological polar surface area (TPSA) is 29.3 Å². The SMILES string of the molecule is C=Ic1ccc(C2CCN(CCCN)CC2)cc1. The van der Waals surface area contributed by atoms with Gasteiger partial charge in [-0.1, -0.05) is 37.4 Å². The van der Waals surface area contributed by atoms with Crippen LogP contribution in [0.4, 0.5) is 0 Å². The van der Waals surface area contributed by atoms with Crippen molar-refractivity contribution in [2.45, 2.75) is 25.2 Å². The lowest BCUT2D eigenvalue weighted by atomic mass is 9.89. The first kappa shape index (κ1) is 14.2. The molecule has 3 heteroatoms. The van der Waals surface area contributed by atoms with E-state index in [0.29, 0.717) is 0 Å². The molecule has 0 spiro atoms. The fourth-order valence-electron chi connectivity index (χ4n) is 2.63. The Morgan fingerprint density at radius 2 is 1.89 bits per heavy atom. The smallest absolute Gasteiger partial charge is 0.00718 e. The molecular formula is C15H23IN2. The van der Waals surface area contributed by atoms with E-state index < -0.39 is 0 Å². The van der Waals surface area contributed by atoms with E-state index in [9.17, 15) is 0 Å². The van der Waals surface area contributed by atoms with Crippen molar-refractivity contribution in [2.75, 3.05) is 26.2 Å². The minimum atomic E-state index is -0.00672. The van der Waals surface area contributed by atoms with Crippen molar-refractivity contribution in [3.63, 3.8) is 0 Å². The molecule has 0 aromatic heterocycles. The number of likely N-dealkylation sites (tertiary alicyclic amines) is 1. The Morgan fingerprint density at radius 1 is 1.22 bits per heavy atom. The summed E-state index contributed by atoms with van der Waals surface area (Å²) in [5.41, 5.74) is 7.09. The summed E-state index contributed by atoms with van der Waals surface area (Å²) < 4.78 is 5.47. The van der Waals surface area contributed by atoms with Crippen molar-refractivity contribution >= 4 is 25.2 Å². The largest absolute Gasteiger partial charge is 0.330 e. The molecule has 1 fully saturated rings. The maximum absolute atomic E-state index is 5.56. The van der Waals surface area contributed by atoms with Crippen LogP contribution in [-0.4, -0.2) is 35.6 Å². The van der Waals surface area contributed by atoms with Gasteiger partial charge in [-0.15, -0.1) is 0 Å². The molecule has 0 unspecified atom stereocenters. The fourth-order valence-corrected chi connectivity index (χ4v) is 3.50. The number of hydrogen-bond donors (Lipinski definition) is 1. The number of nitrogens with zero attached hydrogens (tertiary/aromatic N) is 1. The Morgan fingerprint density at radius 3 is 2.44 bits per heavy atom. The number of benzene rings is 1. The summed E-state index contributed by atoms with van der Waals surface area (Å²) >= 11 is -0.00672. The molecule has 1 heterocycles. The second-order valence-electron chi connectivity index (χ2n) is 4.94. The highest BCUT2D eigenvalue weighted by molar-refractivity contribution is 14.2. The lowest BCUT2D eigenvalue weighted by Crippen LogP contribution is -2.34. The van der Waals surface area contributed by atoms with Crippen LogP contribution in [0.5, 0.6) is 0 Å². The average molecular weight is 358 g/mol. The van der Waals surface area contributed by atoms with Crippen LogP contribution in [0, 0.1) is 3.57 Å². The summed E-state index contributed by atoms with van der Waals surface area (Å²) in [5.74, 6) is 0.760. The monoisotopic (exact) mass is 358 g/mol. The first-order valence-electron chi connectivity index (χ1n) is 6.74. The molecule has 2 nitrogen and oxygen atoms in total. The molecule has 0 saturated carbocycles. The summed E-state index contributed by atoms with van der Waals surface area (Å²) in [6, 6.07) is 9.19. The number of nitrogens with two attached hydrogens (primary N) is 1. The van der Waals surface area contributed by atoms with Gasteiger partial charge >= 0.3 is 0 Å². The molecule has 0 bridgehead atoms. The van der Waals surface area contributed by atoms with Crippen molar-refractivity contribution in [1.82, 2.24) is 4.90 Å². The van der Waals surface area contributed by atoms with Gasteiger partial charge < -0.3 is 10.6 Å². The zero-order chi connectivity index (χ0) is 12.8. The van der Waals surface area contributed by atoms with Gasteiger partial charge in [-0.05, 0) is 69.1 Å². The Hall–Kier alpha value is -0.260. The van der Waals surface area contributed by atoms with Gasteiger partial charge in [0.15, 0.2) is 0 Å². The second kappa shape index (κ2) is 7.36. The number of hydrogen-bond acceptors (Lipinski definition) is 2. The van der Waals surface area contributed by atoms with Gasteiger partial charge in [-0.3, -0.25) is 0 Å². The molecule has 2 N–H and O–H groups in total. The highest BCUT2D eigenvalue weighted by Gasteiger charge is 2.19. The van der Waals surface area contributed by atoms with Gasteiger partial charge in [0.25, 0.3) is 0 Å². The van der Waals surface area contributed by atoms with Crippen LogP contribution in [0.25, 0.3) is 0 Å². The Balaban J connectivity index is 1.86. The van der Waals surface area contributed by atoms with Crippen LogP contribution in [-0.2, 0) is 0 Å². The molecule has 1 aromatic carbocycles. The summed E-state index contributed by atoms with van der Waals surface area (Å²) in [6.45, 7) is 4.45. The van der Waals surface area contributed by atoms with Crippen molar-refractivity contribution in [2.24, 2.45) is 5.73 Å². The summed E-state index contributed by atoms with van der Waals surface area (Å²) in [6.07, 6.45) is 3.72. The fraction of sp³-hybridized carbons (Fsp3) is 0.533. The van der Waals surface area contributed by atoms with Crippen molar-refractivity contribution in [1.29, 1.82) is 0 Å². The van der Waals surface area contributed by atoms with E-state index in [1.807, 2.05) is 0 Å². The first-order valence-corrected chi connectivity index (χ1v) is 9.34. The van der Waals surface area contributed by atoms with Gasteiger partial charge in [-0.2, -0.15) is 0 Å². The molecule has 1 aliphatic rings. The zero-order valence-corrected chi connectivity index (χ0v) is 13.1. The van der Waals surface area contributed by atoms with Crippen LogP contribution < -0.4 is 5.73 Å². The van der Waals surface area contributed by atoms with E-state index in [4.69, 9.17) is 5.73 Å². The molecule has 0 atom stereocenters. The quantitative estimate of drug-likeness (QED) is 0.821. The van der Waals surface area contributed by atoms with Crippen molar-refractivity contribution < 1.29 is 0 Å². The maximum Gasteiger partial charge on any atom is 0.00718 e. The summed E-state index contributed by atoms with van der Waals surface area (Å²) in [4.78, 5) is 2.55. The zero-order valence-electron chi connectivity index (χ0n) is 10.9. The van der Waals surface area contributed by atoms with E-state index in [-0.39, 0.29) is 20.7 Å². The molecule has 2 rings (SSSR count). The van der Waals surface area contributed by atoms with Crippen LogP contribution in [0.1, 0.15) is 30.7 Å². The summed E-state index contributed by atoms with van der Waals surface area (Å²) in [7, 11) is 0. The standard InChI is InChI=1S/C15H23IN2/c1-16-15-5-3-13(4-6-15)14-7-11-18(12-8-14)10-2-9-17/h3-6,14H,1-2,7-12,17H2. The molecule has 1 saturated heterocycles. The average Bonchev–Trinajstić information content (AvgIpc) is 2.46. The second-order valence-corrected chi connectivity index (χ2v) is 6.95. The van der Waals surface area contributed by atoms with Crippen molar-refractivity contribution in [3.05, 3.63) is 33.4 Å². The molecule has 1 aliphatic heterocycles. The minimum absolute atomic E-state index is 0.00672. The highest BCUT2D eigenvalue weighted by atomic mass is 127. The normalized spacial score (nSPS) is 18.1. The van der Waals surface area contributed by atoms with Gasteiger partial charge in [0.2, 0.25) is 0 Å². The highest BCUT2D eigenvalue weighted by Crippen LogP contribution is 2.28. The Kier molecular flexibility index (Phi) is 5.79. The third-order valence-electron chi connectivity index (χ3n) is 3.76. The summed E-state index contributed by atoms with van der Waals surface area (Å²) in [5, 5.41) is 0. The molecule has 1 aromatic rings. The number of piperidine rings is 1. The Labute approximate surface area is 120 Å². The van der Waals surface area contributed by atoms with E-state index in [1.165, 1.54) is 41.6 Å². The lowest BCUT2D eigenvalue weighted by Gasteiger charge is -2.32. The molecular weight excluding hydrogens is 335 g/mol. The van der Waals surface area contributed by atoms with Crippen LogP contribution in [0.2, 0.25) is 0 Å². The molecule has 18 heavy (non-hydrogen) atoms. The molecule has 0 amide bonds. The van der Waals surface area contributed by atoms with Gasteiger partial charge in [0.1, 0.15) is 0 Å². The van der Waals surface area contributed by atoms with Gasteiger partial charge in [0.05, 0.1) is 0 Å². The predicted molar refractivity (Wildman–Crippen MR) is 88.4 cm³/mol. The van der Waals surface area contributed by atoms with Gasteiger partial charge in [-0.25, -0.2) is 0 Å². The minimum Gasteiger partial charge on any atom is -0.330 e. The van der Waals surface area contributed by atoms with E-state index in [2.05, 4.69) is 33.7 Å². The van der Waals surface area contributed by atoms with Crippen LogP contribution in [0.3, 0.4) is 0 Å².